The summed E-state index contributed by atoms with van der Waals surface area (Å²) in [5, 5.41) is 0. The van der Waals surface area contributed by atoms with Crippen molar-refractivity contribution >= 4 is 5.95 Å². The van der Waals surface area contributed by atoms with Gasteiger partial charge in [0.2, 0.25) is 5.95 Å². The lowest BCUT2D eigenvalue weighted by molar-refractivity contribution is 0.703. The van der Waals surface area contributed by atoms with Crippen molar-refractivity contribution in [3.8, 4) is 0 Å². The number of nitrogens with two attached hydrogens (primary N) is 1. The summed E-state index contributed by atoms with van der Waals surface area (Å²) in [5.74, 6) is 0.716. The quantitative estimate of drug-likeness (QED) is 0.888. The second-order valence-electron chi connectivity index (χ2n) is 4.46. The minimum atomic E-state index is -0.0314. The van der Waals surface area contributed by atoms with Crippen LogP contribution < -0.4 is 10.6 Å². The van der Waals surface area contributed by atoms with Gasteiger partial charge in [-0.15, -0.1) is 0 Å². The Balaban J connectivity index is 2.12. The van der Waals surface area contributed by atoms with Gasteiger partial charge in [0.05, 0.1) is 0 Å². The largest absolute Gasteiger partial charge is 0.347 e. The second-order valence-corrected chi connectivity index (χ2v) is 4.46. The van der Waals surface area contributed by atoms with Gasteiger partial charge in [0, 0.05) is 38.4 Å². The average Bonchev–Trinajstić information content (AvgIpc) is 2.40. The number of benzene rings is 1. The molecule has 2 N–H and O–H groups in total. The smallest absolute Gasteiger partial charge is 0.224 e. The molecule has 94 valence electrons. The van der Waals surface area contributed by atoms with E-state index in [1.54, 1.807) is 6.20 Å². The zero-order chi connectivity index (χ0) is 13.0. The first-order chi connectivity index (χ1) is 8.66. The predicted molar refractivity (Wildman–Crippen MR) is 73.4 cm³/mol. The number of hydrogen-bond donors (Lipinski definition) is 1. The standard InChI is InChI=1S/C14H18N4/c1-18(2)14-16-9-8-12(17-14)10-13(15)11-6-4-3-5-7-11/h3-9,13H,10,15H2,1-2H3. The van der Waals surface area contributed by atoms with E-state index < -0.39 is 0 Å². The molecule has 1 heterocycles. The van der Waals surface area contributed by atoms with Gasteiger partial charge >= 0.3 is 0 Å². The maximum Gasteiger partial charge on any atom is 0.224 e. The van der Waals surface area contributed by atoms with Gasteiger partial charge in [-0.05, 0) is 11.6 Å². The monoisotopic (exact) mass is 242 g/mol. The Morgan fingerprint density at radius 2 is 1.89 bits per heavy atom. The molecule has 2 aromatic rings. The van der Waals surface area contributed by atoms with Crippen molar-refractivity contribution in [2.24, 2.45) is 5.73 Å². The highest BCUT2D eigenvalue weighted by Gasteiger charge is 2.08. The van der Waals surface area contributed by atoms with E-state index in [4.69, 9.17) is 5.73 Å². The molecule has 1 atom stereocenters. The van der Waals surface area contributed by atoms with E-state index in [0.29, 0.717) is 12.4 Å². The summed E-state index contributed by atoms with van der Waals surface area (Å²) in [7, 11) is 3.85. The van der Waals surface area contributed by atoms with Crippen molar-refractivity contribution in [1.29, 1.82) is 0 Å². The summed E-state index contributed by atoms with van der Waals surface area (Å²) >= 11 is 0. The molecule has 4 nitrogen and oxygen atoms in total. The molecule has 0 bridgehead atoms. The SMILES string of the molecule is CN(C)c1nccc(CC(N)c2ccccc2)n1. The Hall–Kier alpha value is -1.94. The van der Waals surface area contributed by atoms with Crippen LogP contribution in [0.15, 0.2) is 42.6 Å². The molecule has 4 heteroatoms. The van der Waals surface area contributed by atoms with Crippen LogP contribution in [0, 0.1) is 0 Å². The third-order valence-electron chi connectivity index (χ3n) is 2.76. The normalized spacial score (nSPS) is 12.2. The Morgan fingerprint density at radius 1 is 1.17 bits per heavy atom. The van der Waals surface area contributed by atoms with Crippen LogP contribution in [0.25, 0.3) is 0 Å². The zero-order valence-electron chi connectivity index (χ0n) is 10.7. The van der Waals surface area contributed by atoms with Crippen molar-refractivity contribution in [3.63, 3.8) is 0 Å². The molecule has 1 unspecified atom stereocenters. The lowest BCUT2D eigenvalue weighted by Gasteiger charge is -2.14. The predicted octanol–water partition coefficient (Wildman–Crippen LogP) is 1.79. The van der Waals surface area contributed by atoms with E-state index in [9.17, 15) is 0 Å². The van der Waals surface area contributed by atoms with Gasteiger partial charge in [0.1, 0.15) is 0 Å². The number of aromatic nitrogens is 2. The van der Waals surface area contributed by atoms with Gasteiger partial charge in [0.25, 0.3) is 0 Å². The molecule has 18 heavy (non-hydrogen) atoms. The van der Waals surface area contributed by atoms with E-state index in [0.717, 1.165) is 11.3 Å². The van der Waals surface area contributed by atoms with E-state index in [-0.39, 0.29) is 6.04 Å². The highest BCUT2D eigenvalue weighted by Crippen LogP contribution is 2.15. The van der Waals surface area contributed by atoms with Crippen molar-refractivity contribution in [3.05, 3.63) is 53.9 Å². The minimum absolute atomic E-state index is 0.0314. The molecule has 0 aliphatic carbocycles. The molecule has 1 aromatic heterocycles. The van der Waals surface area contributed by atoms with Crippen LogP contribution in [0.4, 0.5) is 5.95 Å². The van der Waals surface area contributed by atoms with Crippen LogP contribution in [0.1, 0.15) is 17.3 Å². The van der Waals surface area contributed by atoms with Gasteiger partial charge < -0.3 is 10.6 Å². The molecule has 0 spiro atoms. The van der Waals surface area contributed by atoms with E-state index in [2.05, 4.69) is 9.97 Å². The first-order valence-corrected chi connectivity index (χ1v) is 5.96. The molecule has 0 radical (unpaired) electrons. The fourth-order valence-electron chi connectivity index (χ4n) is 1.76. The molecular formula is C14H18N4. The van der Waals surface area contributed by atoms with Gasteiger partial charge in [-0.25, -0.2) is 9.97 Å². The van der Waals surface area contributed by atoms with E-state index in [1.807, 2.05) is 55.4 Å². The molecule has 0 fully saturated rings. The van der Waals surface area contributed by atoms with Gasteiger partial charge in [-0.2, -0.15) is 0 Å². The van der Waals surface area contributed by atoms with Crippen LogP contribution in [-0.2, 0) is 6.42 Å². The molecule has 0 aliphatic rings. The fraction of sp³-hybridized carbons (Fsp3) is 0.286. The molecular weight excluding hydrogens is 224 g/mol. The van der Waals surface area contributed by atoms with Crippen molar-refractivity contribution < 1.29 is 0 Å². The van der Waals surface area contributed by atoms with E-state index in [1.165, 1.54) is 0 Å². The Bertz CT molecular complexity index is 496. The van der Waals surface area contributed by atoms with Crippen molar-refractivity contribution in [2.75, 3.05) is 19.0 Å². The summed E-state index contributed by atoms with van der Waals surface area (Å²) in [6, 6.07) is 12.0. The van der Waals surface area contributed by atoms with Crippen LogP contribution >= 0.6 is 0 Å². The number of hydrogen-bond acceptors (Lipinski definition) is 4. The maximum absolute atomic E-state index is 6.18. The molecule has 0 amide bonds. The lowest BCUT2D eigenvalue weighted by Crippen LogP contribution is -2.17. The van der Waals surface area contributed by atoms with Crippen molar-refractivity contribution in [1.82, 2.24) is 9.97 Å². The molecule has 0 saturated carbocycles. The van der Waals surface area contributed by atoms with E-state index >= 15 is 0 Å². The molecule has 1 aromatic carbocycles. The molecule has 2 rings (SSSR count). The number of nitrogens with zero attached hydrogens (tertiary/aromatic N) is 3. The summed E-state index contributed by atoms with van der Waals surface area (Å²) in [6.07, 6.45) is 2.49. The first-order valence-electron chi connectivity index (χ1n) is 5.96. The van der Waals surface area contributed by atoms with Crippen molar-refractivity contribution in [2.45, 2.75) is 12.5 Å². The van der Waals surface area contributed by atoms with Gasteiger partial charge in [0.15, 0.2) is 0 Å². The minimum Gasteiger partial charge on any atom is -0.347 e. The lowest BCUT2D eigenvalue weighted by atomic mass is 10.0. The second kappa shape index (κ2) is 5.60. The van der Waals surface area contributed by atoms with Crippen LogP contribution in [0.3, 0.4) is 0 Å². The number of anilines is 1. The van der Waals surface area contributed by atoms with Gasteiger partial charge in [-0.3, -0.25) is 0 Å². The number of rotatable bonds is 4. The molecule has 0 aliphatic heterocycles. The Labute approximate surface area is 107 Å². The average molecular weight is 242 g/mol. The zero-order valence-corrected chi connectivity index (χ0v) is 10.7. The summed E-state index contributed by atoms with van der Waals surface area (Å²) < 4.78 is 0. The third kappa shape index (κ3) is 3.05. The highest BCUT2D eigenvalue weighted by atomic mass is 15.2. The van der Waals surface area contributed by atoms with Crippen LogP contribution in [0.5, 0.6) is 0 Å². The van der Waals surface area contributed by atoms with Crippen LogP contribution in [-0.4, -0.2) is 24.1 Å². The molecule has 0 saturated heterocycles. The highest BCUT2D eigenvalue weighted by molar-refractivity contribution is 5.28. The third-order valence-corrected chi connectivity index (χ3v) is 2.76. The summed E-state index contributed by atoms with van der Waals surface area (Å²) in [6.45, 7) is 0. The maximum atomic E-state index is 6.18. The van der Waals surface area contributed by atoms with Gasteiger partial charge in [-0.1, -0.05) is 30.3 Å². The fourth-order valence-corrected chi connectivity index (χ4v) is 1.76. The summed E-state index contributed by atoms with van der Waals surface area (Å²) in [5.41, 5.74) is 8.27. The Kier molecular flexibility index (Phi) is 3.89. The van der Waals surface area contributed by atoms with Crippen LogP contribution in [0.2, 0.25) is 0 Å². The topological polar surface area (TPSA) is 55.0 Å². The Morgan fingerprint density at radius 3 is 2.56 bits per heavy atom. The first kappa shape index (κ1) is 12.5. The summed E-state index contributed by atoms with van der Waals surface area (Å²) in [4.78, 5) is 10.6.